The number of carbonyl (C=O) groups is 1. The van der Waals surface area contributed by atoms with Gasteiger partial charge in [-0.3, -0.25) is 0 Å². The van der Waals surface area contributed by atoms with E-state index in [2.05, 4.69) is 5.32 Å². The van der Waals surface area contributed by atoms with Crippen molar-refractivity contribution >= 4 is 6.03 Å². The largest absolute Gasteiger partial charge is 0.389 e. The van der Waals surface area contributed by atoms with Crippen LogP contribution < -0.4 is 5.32 Å². The highest BCUT2D eigenvalue weighted by molar-refractivity contribution is 5.74. The van der Waals surface area contributed by atoms with Gasteiger partial charge in [-0.1, -0.05) is 30.3 Å². The fraction of sp³-hybridized carbons (Fsp3) is 0.611. The molecule has 3 rings (SSSR count). The molecule has 5 heteroatoms. The molecule has 0 aromatic heterocycles. The van der Waals surface area contributed by atoms with E-state index < -0.39 is 5.60 Å². The van der Waals surface area contributed by atoms with Crippen LogP contribution in [0, 0.1) is 0 Å². The van der Waals surface area contributed by atoms with E-state index in [1.807, 2.05) is 30.3 Å². The Hall–Kier alpha value is -1.59. The van der Waals surface area contributed by atoms with Crippen LogP contribution in [0.1, 0.15) is 38.7 Å². The molecule has 0 aliphatic carbocycles. The molecule has 1 aromatic rings. The molecule has 126 valence electrons. The molecule has 2 bridgehead atoms. The number of hydrogen-bond acceptors (Lipinski definition) is 3. The highest BCUT2D eigenvalue weighted by Crippen LogP contribution is 2.34. The fourth-order valence-corrected chi connectivity index (χ4v) is 3.51. The Balaban J connectivity index is 1.65. The number of rotatable bonds is 5. The average molecular weight is 318 g/mol. The number of hydrogen-bond donors (Lipinski definition) is 2. The fourth-order valence-electron chi connectivity index (χ4n) is 3.51. The monoisotopic (exact) mass is 318 g/mol. The lowest BCUT2D eigenvalue weighted by Crippen LogP contribution is -2.51. The van der Waals surface area contributed by atoms with Crippen molar-refractivity contribution in [3.05, 3.63) is 35.9 Å². The van der Waals surface area contributed by atoms with Gasteiger partial charge in [0.25, 0.3) is 0 Å². The zero-order valence-electron chi connectivity index (χ0n) is 13.9. The van der Waals surface area contributed by atoms with Crippen LogP contribution in [0.2, 0.25) is 0 Å². The van der Waals surface area contributed by atoms with Crippen LogP contribution in [0.5, 0.6) is 0 Å². The number of fused-ring (bicyclic) bond motifs is 2. The molecule has 2 aliphatic rings. The van der Waals surface area contributed by atoms with E-state index in [4.69, 9.17) is 4.74 Å². The summed E-state index contributed by atoms with van der Waals surface area (Å²) in [5.74, 6) is 0. The van der Waals surface area contributed by atoms with Gasteiger partial charge in [-0.05, 0) is 38.7 Å². The van der Waals surface area contributed by atoms with E-state index in [0.717, 1.165) is 24.8 Å². The van der Waals surface area contributed by atoms with Crippen molar-refractivity contribution in [2.24, 2.45) is 0 Å². The molecular weight excluding hydrogens is 292 g/mol. The molecule has 0 spiro atoms. The first-order valence-electron chi connectivity index (χ1n) is 8.38. The molecule has 5 nitrogen and oxygen atoms in total. The molecular formula is C18H26N2O3. The summed E-state index contributed by atoms with van der Waals surface area (Å²) in [4.78, 5) is 14.4. The summed E-state index contributed by atoms with van der Waals surface area (Å²) in [6, 6.07) is 9.82. The van der Waals surface area contributed by atoms with E-state index in [0.29, 0.717) is 12.6 Å². The number of benzene rings is 1. The molecule has 2 aliphatic heterocycles. The minimum atomic E-state index is -0.933. The van der Waals surface area contributed by atoms with E-state index >= 15 is 0 Å². The molecule has 2 heterocycles. The molecule has 2 N–H and O–H groups in total. The van der Waals surface area contributed by atoms with Gasteiger partial charge in [0.05, 0.1) is 30.4 Å². The number of urea groups is 1. The van der Waals surface area contributed by atoms with Crippen molar-refractivity contribution < 1.29 is 14.6 Å². The van der Waals surface area contributed by atoms with Gasteiger partial charge in [0.2, 0.25) is 0 Å². The normalized spacial score (nSPS) is 26.3. The summed E-state index contributed by atoms with van der Waals surface area (Å²) in [7, 11) is 0. The number of aliphatic hydroxyl groups is 1. The van der Waals surface area contributed by atoms with Crippen LogP contribution >= 0.6 is 0 Å². The van der Waals surface area contributed by atoms with Crippen LogP contribution in [0.15, 0.2) is 30.3 Å². The number of ether oxygens (including phenoxy) is 1. The summed E-state index contributed by atoms with van der Waals surface area (Å²) in [5.41, 5.74) is 0.119. The van der Waals surface area contributed by atoms with Gasteiger partial charge in [0.1, 0.15) is 0 Å². The summed E-state index contributed by atoms with van der Waals surface area (Å²) in [6.45, 7) is 4.21. The summed E-state index contributed by atoms with van der Waals surface area (Å²) in [5, 5.41) is 13.2. The average Bonchev–Trinajstić information content (AvgIpc) is 3.09. The molecule has 0 saturated carbocycles. The Morgan fingerprint density at radius 3 is 2.65 bits per heavy atom. The zero-order chi connectivity index (χ0) is 16.4. The van der Waals surface area contributed by atoms with Gasteiger partial charge in [0, 0.05) is 6.54 Å². The third-order valence-electron chi connectivity index (χ3n) is 4.50. The van der Waals surface area contributed by atoms with E-state index in [9.17, 15) is 9.90 Å². The van der Waals surface area contributed by atoms with E-state index in [1.165, 1.54) is 0 Å². The number of nitrogens with one attached hydrogen (secondary N) is 1. The molecule has 1 aromatic carbocycles. The topological polar surface area (TPSA) is 61.8 Å². The Morgan fingerprint density at radius 1 is 1.35 bits per heavy atom. The third-order valence-corrected chi connectivity index (χ3v) is 4.50. The lowest BCUT2D eigenvalue weighted by molar-refractivity contribution is 0.0434. The van der Waals surface area contributed by atoms with Gasteiger partial charge in [-0.15, -0.1) is 0 Å². The first kappa shape index (κ1) is 16.3. The van der Waals surface area contributed by atoms with Crippen molar-refractivity contribution in [3.63, 3.8) is 0 Å². The van der Waals surface area contributed by atoms with Gasteiger partial charge in [-0.2, -0.15) is 0 Å². The van der Waals surface area contributed by atoms with Crippen LogP contribution in [0.4, 0.5) is 4.79 Å². The standard InChI is InChI=1S/C18H26N2O3/c1-18(2,22)12-20(11-13-6-4-3-5-7-13)17(21)19-15-10-14-8-9-16(15)23-14/h3-7,14-16,22H,8-12H2,1-2H3,(H,19,21). The second-order valence-corrected chi connectivity index (χ2v) is 7.32. The predicted molar refractivity (Wildman–Crippen MR) is 88.0 cm³/mol. The smallest absolute Gasteiger partial charge is 0.318 e. The Labute approximate surface area is 137 Å². The van der Waals surface area contributed by atoms with Crippen molar-refractivity contribution in [3.8, 4) is 0 Å². The maximum absolute atomic E-state index is 12.7. The Bertz CT molecular complexity index is 541. The van der Waals surface area contributed by atoms with Crippen molar-refractivity contribution in [1.82, 2.24) is 10.2 Å². The van der Waals surface area contributed by atoms with Crippen molar-refractivity contribution in [2.45, 2.75) is 63.5 Å². The van der Waals surface area contributed by atoms with Gasteiger partial charge < -0.3 is 20.1 Å². The van der Waals surface area contributed by atoms with Gasteiger partial charge in [0.15, 0.2) is 0 Å². The third kappa shape index (κ3) is 4.24. The van der Waals surface area contributed by atoms with Crippen molar-refractivity contribution in [2.75, 3.05) is 6.54 Å². The SMILES string of the molecule is CC(C)(O)CN(Cc1ccccc1)C(=O)NC1CC2CCC1O2. The second kappa shape index (κ2) is 6.49. The van der Waals surface area contributed by atoms with Crippen LogP contribution in [-0.2, 0) is 11.3 Å². The highest BCUT2D eigenvalue weighted by atomic mass is 16.5. The van der Waals surface area contributed by atoms with Gasteiger partial charge in [-0.25, -0.2) is 4.79 Å². The molecule has 2 fully saturated rings. The lowest BCUT2D eigenvalue weighted by atomic mass is 9.96. The quantitative estimate of drug-likeness (QED) is 0.875. The highest BCUT2D eigenvalue weighted by Gasteiger charge is 2.42. The molecule has 0 radical (unpaired) electrons. The summed E-state index contributed by atoms with van der Waals surface area (Å²) in [6.07, 6.45) is 3.50. The molecule has 23 heavy (non-hydrogen) atoms. The Morgan fingerprint density at radius 2 is 2.09 bits per heavy atom. The zero-order valence-corrected chi connectivity index (χ0v) is 13.9. The molecule has 2 amide bonds. The molecule has 3 unspecified atom stereocenters. The van der Waals surface area contributed by atoms with Crippen LogP contribution in [-0.4, -0.2) is 46.4 Å². The molecule has 3 atom stereocenters. The van der Waals surface area contributed by atoms with Crippen molar-refractivity contribution in [1.29, 1.82) is 0 Å². The second-order valence-electron chi connectivity index (χ2n) is 7.32. The minimum Gasteiger partial charge on any atom is -0.389 e. The number of carbonyl (C=O) groups excluding carboxylic acids is 1. The van der Waals surface area contributed by atoms with E-state index in [1.54, 1.807) is 18.7 Å². The minimum absolute atomic E-state index is 0.0985. The Kier molecular flexibility index (Phi) is 4.60. The summed E-state index contributed by atoms with van der Waals surface area (Å²) < 4.78 is 5.80. The number of amides is 2. The summed E-state index contributed by atoms with van der Waals surface area (Å²) >= 11 is 0. The van der Waals surface area contributed by atoms with Crippen LogP contribution in [0.3, 0.4) is 0 Å². The van der Waals surface area contributed by atoms with Gasteiger partial charge >= 0.3 is 6.03 Å². The maximum atomic E-state index is 12.7. The first-order valence-corrected chi connectivity index (χ1v) is 8.38. The number of nitrogens with zero attached hydrogens (tertiary/aromatic N) is 1. The van der Waals surface area contributed by atoms with E-state index in [-0.39, 0.29) is 24.7 Å². The lowest BCUT2D eigenvalue weighted by Gasteiger charge is -2.31. The first-order chi connectivity index (χ1) is 10.9. The predicted octanol–water partition coefficient (Wildman–Crippen LogP) is 2.29. The van der Waals surface area contributed by atoms with Crippen LogP contribution in [0.25, 0.3) is 0 Å². The molecule has 2 saturated heterocycles. The maximum Gasteiger partial charge on any atom is 0.318 e.